The zero-order valence-electron chi connectivity index (χ0n) is 12.1. The van der Waals surface area contributed by atoms with E-state index in [4.69, 9.17) is 0 Å². The fourth-order valence-corrected chi connectivity index (χ4v) is 3.51. The number of nitro groups is 1. The van der Waals surface area contributed by atoms with E-state index in [-0.39, 0.29) is 16.3 Å². The van der Waals surface area contributed by atoms with Gasteiger partial charge in [-0.15, -0.1) is 0 Å². The second kappa shape index (κ2) is 5.98. The molecule has 2 rings (SSSR count). The molecular weight excluding hydrogens is 294 g/mol. The number of nitrogens with zero attached hydrogens (tertiary/aromatic N) is 2. The molecule has 1 aromatic rings. The first-order valence-corrected chi connectivity index (χ1v) is 8.29. The molecule has 1 fully saturated rings. The minimum atomic E-state index is -3.64. The number of benzene rings is 1. The van der Waals surface area contributed by atoms with Gasteiger partial charge in [0.1, 0.15) is 4.90 Å². The summed E-state index contributed by atoms with van der Waals surface area (Å²) in [6.07, 6.45) is 2.11. The van der Waals surface area contributed by atoms with Gasteiger partial charge in [-0.1, -0.05) is 0 Å². The number of nitro benzene ring substituents is 1. The second-order valence-corrected chi connectivity index (χ2v) is 7.21. The van der Waals surface area contributed by atoms with E-state index in [0.717, 1.165) is 12.8 Å². The molecule has 1 saturated carbocycles. The molecule has 0 heterocycles. The van der Waals surface area contributed by atoms with Gasteiger partial charge >= 0.3 is 0 Å². The van der Waals surface area contributed by atoms with Gasteiger partial charge in [-0.3, -0.25) is 10.1 Å². The Morgan fingerprint density at radius 3 is 2.62 bits per heavy atom. The molecular formula is C13H19N3O4S. The van der Waals surface area contributed by atoms with E-state index >= 15 is 0 Å². The second-order valence-electron chi connectivity index (χ2n) is 5.20. The largest absolute Gasteiger partial charge is 0.384 e. The highest BCUT2D eigenvalue weighted by Gasteiger charge is 2.31. The smallest absolute Gasteiger partial charge is 0.271 e. The first-order valence-electron chi connectivity index (χ1n) is 6.85. The summed E-state index contributed by atoms with van der Waals surface area (Å²) in [4.78, 5) is 10.4. The van der Waals surface area contributed by atoms with Crippen LogP contribution >= 0.6 is 0 Å². The molecule has 1 aromatic carbocycles. The Morgan fingerprint density at radius 1 is 1.43 bits per heavy atom. The van der Waals surface area contributed by atoms with Crippen LogP contribution in [0.5, 0.6) is 0 Å². The Morgan fingerprint density at radius 2 is 2.10 bits per heavy atom. The van der Waals surface area contributed by atoms with Crippen LogP contribution in [0.1, 0.15) is 19.8 Å². The van der Waals surface area contributed by atoms with Gasteiger partial charge in [-0.05, 0) is 31.7 Å². The van der Waals surface area contributed by atoms with E-state index in [2.05, 4.69) is 5.32 Å². The van der Waals surface area contributed by atoms with Gasteiger partial charge in [0.15, 0.2) is 0 Å². The molecule has 0 radical (unpaired) electrons. The van der Waals surface area contributed by atoms with E-state index in [1.54, 1.807) is 7.05 Å². The average molecular weight is 313 g/mol. The van der Waals surface area contributed by atoms with Crippen molar-refractivity contribution in [2.24, 2.45) is 5.92 Å². The molecule has 0 bridgehead atoms. The van der Waals surface area contributed by atoms with Crippen molar-refractivity contribution in [1.29, 1.82) is 0 Å². The molecule has 0 spiro atoms. The SMILES string of the molecule is CCNc1cc([N+](=O)[O-])ccc1S(=O)(=O)N(C)CC1CC1. The number of anilines is 1. The highest BCUT2D eigenvalue weighted by atomic mass is 32.2. The van der Waals surface area contributed by atoms with Gasteiger partial charge in [0.2, 0.25) is 10.0 Å². The Kier molecular flexibility index (Phi) is 4.48. The Bertz CT molecular complexity index is 641. The summed E-state index contributed by atoms with van der Waals surface area (Å²) in [5.41, 5.74) is 0.143. The number of rotatable bonds is 7. The first kappa shape index (κ1) is 15.7. The summed E-state index contributed by atoms with van der Waals surface area (Å²) < 4.78 is 26.5. The van der Waals surface area contributed by atoms with Gasteiger partial charge in [0.05, 0.1) is 10.6 Å². The maximum Gasteiger partial charge on any atom is 0.271 e. The van der Waals surface area contributed by atoms with E-state index < -0.39 is 14.9 Å². The predicted molar refractivity (Wildman–Crippen MR) is 79.8 cm³/mol. The third kappa shape index (κ3) is 3.51. The van der Waals surface area contributed by atoms with Crippen LogP contribution in [0.4, 0.5) is 11.4 Å². The normalized spacial score (nSPS) is 15.2. The van der Waals surface area contributed by atoms with Crippen LogP contribution in [0.2, 0.25) is 0 Å². The molecule has 0 atom stereocenters. The first-order chi connectivity index (χ1) is 9.86. The van der Waals surface area contributed by atoms with Crippen LogP contribution in [-0.4, -0.2) is 37.8 Å². The summed E-state index contributed by atoms with van der Waals surface area (Å²) in [6, 6.07) is 3.79. The molecule has 116 valence electrons. The Hall–Kier alpha value is -1.67. The average Bonchev–Trinajstić information content (AvgIpc) is 3.22. The number of nitrogens with one attached hydrogen (secondary N) is 1. The lowest BCUT2D eigenvalue weighted by molar-refractivity contribution is -0.384. The topological polar surface area (TPSA) is 92.5 Å². The summed E-state index contributed by atoms with van der Waals surface area (Å²) in [5.74, 6) is 0.436. The van der Waals surface area contributed by atoms with Crippen LogP contribution in [0.15, 0.2) is 23.1 Å². The highest BCUT2D eigenvalue weighted by Crippen LogP contribution is 2.33. The minimum Gasteiger partial charge on any atom is -0.384 e. The minimum absolute atomic E-state index is 0.0816. The van der Waals surface area contributed by atoms with Crippen molar-refractivity contribution >= 4 is 21.4 Å². The van der Waals surface area contributed by atoms with Crippen molar-refractivity contribution in [3.63, 3.8) is 0 Å². The summed E-state index contributed by atoms with van der Waals surface area (Å²) in [5, 5.41) is 13.7. The van der Waals surface area contributed by atoms with E-state index in [9.17, 15) is 18.5 Å². The number of hydrogen-bond donors (Lipinski definition) is 1. The van der Waals surface area contributed by atoms with Crippen molar-refractivity contribution in [1.82, 2.24) is 4.31 Å². The van der Waals surface area contributed by atoms with Crippen LogP contribution < -0.4 is 5.32 Å². The molecule has 21 heavy (non-hydrogen) atoms. The van der Waals surface area contributed by atoms with E-state index in [1.165, 1.54) is 22.5 Å². The summed E-state index contributed by atoms with van der Waals surface area (Å²) >= 11 is 0. The summed E-state index contributed by atoms with van der Waals surface area (Å²) in [7, 11) is -2.09. The fraction of sp³-hybridized carbons (Fsp3) is 0.538. The number of sulfonamides is 1. The third-order valence-electron chi connectivity index (χ3n) is 3.44. The van der Waals surface area contributed by atoms with Crippen LogP contribution in [0.25, 0.3) is 0 Å². The quantitative estimate of drug-likeness (QED) is 0.614. The highest BCUT2D eigenvalue weighted by molar-refractivity contribution is 7.89. The van der Waals surface area contributed by atoms with Gasteiger partial charge in [-0.25, -0.2) is 12.7 Å². The predicted octanol–water partition coefficient (Wildman–Crippen LogP) is 2.06. The molecule has 1 aliphatic rings. The monoisotopic (exact) mass is 313 g/mol. The van der Waals surface area contributed by atoms with Crippen molar-refractivity contribution in [2.45, 2.75) is 24.7 Å². The van der Waals surface area contributed by atoms with Gasteiger partial charge in [0, 0.05) is 32.3 Å². The molecule has 8 heteroatoms. The standard InChI is InChI=1S/C13H19N3O4S/c1-3-14-12-8-11(16(17)18)6-7-13(12)21(19,20)15(2)9-10-4-5-10/h6-8,10,14H,3-5,9H2,1-2H3. The maximum absolute atomic E-state index is 12.6. The molecule has 1 aliphatic carbocycles. The van der Waals surface area contributed by atoms with Crippen molar-refractivity contribution < 1.29 is 13.3 Å². The molecule has 7 nitrogen and oxygen atoms in total. The lowest BCUT2D eigenvalue weighted by Crippen LogP contribution is -2.29. The molecule has 0 amide bonds. The van der Waals surface area contributed by atoms with Crippen LogP contribution in [-0.2, 0) is 10.0 Å². The van der Waals surface area contributed by atoms with E-state index in [1.807, 2.05) is 6.92 Å². The molecule has 0 unspecified atom stereocenters. The third-order valence-corrected chi connectivity index (χ3v) is 5.32. The molecule has 0 aliphatic heterocycles. The van der Waals surface area contributed by atoms with Crippen LogP contribution in [0.3, 0.4) is 0 Å². The molecule has 1 N–H and O–H groups in total. The van der Waals surface area contributed by atoms with E-state index in [0.29, 0.717) is 19.0 Å². The number of non-ortho nitro benzene ring substituents is 1. The van der Waals surface area contributed by atoms with Crippen LogP contribution in [0, 0.1) is 16.0 Å². The Labute approximate surface area is 124 Å². The Balaban J connectivity index is 2.38. The molecule has 0 saturated heterocycles. The zero-order chi connectivity index (χ0) is 15.6. The number of hydrogen-bond acceptors (Lipinski definition) is 5. The van der Waals surface area contributed by atoms with Crippen molar-refractivity contribution in [2.75, 3.05) is 25.5 Å². The lowest BCUT2D eigenvalue weighted by Gasteiger charge is -2.19. The van der Waals surface area contributed by atoms with Gasteiger partial charge in [0.25, 0.3) is 5.69 Å². The van der Waals surface area contributed by atoms with Crippen molar-refractivity contribution in [3.05, 3.63) is 28.3 Å². The molecule has 0 aromatic heterocycles. The van der Waals surface area contributed by atoms with Crippen molar-refractivity contribution in [3.8, 4) is 0 Å². The lowest BCUT2D eigenvalue weighted by atomic mass is 10.3. The fourth-order valence-electron chi connectivity index (χ4n) is 2.12. The van der Waals surface area contributed by atoms with Gasteiger partial charge < -0.3 is 5.32 Å². The maximum atomic E-state index is 12.6. The zero-order valence-corrected chi connectivity index (χ0v) is 12.9. The summed E-state index contributed by atoms with van der Waals surface area (Å²) in [6.45, 7) is 2.78. The van der Waals surface area contributed by atoms with Gasteiger partial charge in [-0.2, -0.15) is 0 Å².